The van der Waals surface area contributed by atoms with E-state index in [1.807, 2.05) is 0 Å². The Labute approximate surface area is 213 Å². The van der Waals surface area contributed by atoms with Crippen molar-refractivity contribution in [2.75, 3.05) is 0 Å². The van der Waals surface area contributed by atoms with Crippen LogP contribution in [0.15, 0.2) is 60.7 Å². The topological polar surface area (TPSA) is 0 Å². The van der Waals surface area contributed by atoms with Crippen LogP contribution < -0.4 is 48.1 Å². The van der Waals surface area contributed by atoms with Crippen LogP contribution in [0.1, 0.15) is 46.2 Å². The Hall–Kier alpha value is -1.19. The fourth-order valence-electron chi connectivity index (χ4n) is 5.37. The average Bonchev–Trinajstić information content (AvgIpc) is 3.21. The van der Waals surface area contributed by atoms with Crippen LogP contribution in [0.2, 0.25) is 13.1 Å². The van der Waals surface area contributed by atoms with Gasteiger partial charge >= 0.3 is 37.7 Å². The molecule has 4 rings (SSSR count). The normalized spacial score (nSPS) is 12.4. The first-order valence-electron chi connectivity index (χ1n) is 10.7. The maximum Gasteiger partial charge on any atom is 1.00 e. The molecule has 0 aliphatic heterocycles. The van der Waals surface area contributed by atoms with Crippen LogP contribution in [-0.4, -0.2) is 8.07 Å². The van der Waals surface area contributed by atoms with Crippen LogP contribution in [0.5, 0.6) is 0 Å². The summed E-state index contributed by atoms with van der Waals surface area (Å²) in [4.78, 5) is 0. The molecule has 31 heavy (non-hydrogen) atoms. The minimum absolute atomic E-state index is 0. The molecule has 0 heterocycles. The van der Waals surface area contributed by atoms with E-state index >= 15 is 0 Å². The summed E-state index contributed by atoms with van der Waals surface area (Å²) in [6.07, 6.45) is 0. The van der Waals surface area contributed by atoms with Crippen molar-refractivity contribution in [3.05, 3.63) is 94.0 Å². The molecule has 150 valence electrons. The van der Waals surface area contributed by atoms with Gasteiger partial charge in [0.25, 0.3) is 0 Å². The molecule has 1 atom stereocenters. The third kappa shape index (κ3) is 4.25. The first kappa shape index (κ1) is 26.1. The fourth-order valence-corrected chi connectivity index (χ4v) is 9.30. The second kappa shape index (κ2) is 9.75. The van der Waals surface area contributed by atoms with Crippen molar-refractivity contribution >= 4 is 29.2 Å². The molecule has 0 fully saturated rings. The number of fused-ring (bicyclic) bond motifs is 1. The van der Waals surface area contributed by atoms with Gasteiger partial charge in [-0.05, 0) is 19.6 Å². The summed E-state index contributed by atoms with van der Waals surface area (Å²) in [6.45, 7) is 16.7. The van der Waals surface area contributed by atoms with E-state index in [1.165, 1.54) is 44.2 Å². The van der Waals surface area contributed by atoms with Gasteiger partial charge in [-0.15, -0.1) is 46.5 Å². The average molecular weight is 411 g/mol. The van der Waals surface area contributed by atoms with Crippen LogP contribution in [0.4, 0.5) is 0 Å². The van der Waals surface area contributed by atoms with Crippen LogP contribution in [0.3, 0.4) is 0 Å². The zero-order chi connectivity index (χ0) is 20.9. The van der Waals surface area contributed by atoms with Crippen LogP contribution in [-0.2, 0) is 0 Å². The molecule has 0 saturated carbocycles. The molecule has 0 bridgehead atoms. The molecule has 0 aliphatic carbocycles. The molecule has 0 nitrogen and oxygen atoms in total. The van der Waals surface area contributed by atoms with Crippen molar-refractivity contribution < 1.29 is 37.7 Å². The Kier molecular flexibility index (Phi) is 8.20. The smallest absolute Gasteiger partial charge is 0.199 e. The summed E-state index contributed by atoms with van der Waals surface area (Å²) < 4.78 is 0. The minimum atomic E-state index is -1.85. The van der Waals surface area contributed by atoms with Gasteiger partial charge in [0.05, 0.1) is 0 Å². The molecule has 1 unspecified atom stereocenters. The van der Waals surface area contributed by atoms with E-state index in [2.05, 4.69) is 108 Å². The van der Waals surface area contributed by atoms with Gasteiger partial charge < -0.3 is 0 Å². The summed E-state index contributed by atoms with van der Waals surface area (Å²) >= 11 is 0. The van der Waals surface area contributed by atoms with Gasteiger partial charge in [0.1, 0.15) is 0 Å². The van der Waals surface area contributed by atoms with Crippen molar-refractivity contribution in [1.82, 2.24) is 0 Å². The van der Waals surface area contributed by atoms with Gasteiger partial charge in [-0.3, -0.25) is 0 Å². The Morgan fingerprint density at radius 2 is 1.45 bits per heavy atom. The number of hydrogen-bond acceptors (Lipinski definition) is 0. The molecule has 3 heteroatoms. The molecule has 0 N–H and O–H groups in total. The summed E-state index contributed by atoms with van der Waals surface area (Å²) in [6, 6.07) is 22.5. The van der Waals surface area contributed by atoms with E-state index in [0.29, 0.717) is 5.92 Å². The Morgan fingerprint density at radius 1 is 0.839 bits per heavy atom. The van der Waals surface area contributed by atoms with Gasteiger partial charge in [-0.2, -0.15) is 27.4 Å². The molecule has 4 aromatic rings. The van der Waals surface area contributed by atoms with Gasteiger partial charge in [-0.25, -0.2) is 0 Å². The summed E-state index contributed by atoms with van der Waals surface area (Å²) in [5.74, 6) is 0.393. The predicted molar refractivity (Wildman–Crippen MR) is 131 cm³/mol. The third-order valence-corrected chi connectivity index (χ3v) is 11.1. The maximum absolute atomic E-state index is 2.55. The SMILES string of the molecule is Cc1c([Si](C)(C)c2cc(C(C)c3ccccc3)[c-]3ccccc23)c(C)[c-](C)c1C.[Li+].[Li+]. The van der Waals surface area contributed by atoms with E-state index < -0.39 is 8.07 Å². The first-order valence-corrected chi connectivity index (χ1v) is 13.7. The Bertz CT molecular complexity index is 1150. The van der Waals surface area contributed by atoms with Crippen LogP contribution >= 0.6 is 0 Å². The van der Waals surface area contributed by atoms with Crippen LogP contribution in [0.25, 0.3) is 10.8 Å². The largest absolute Gasteiger partial charge is 1.00 e. The second-order valence-electron chi connectivity index (χ2n) is 9.19. The summed E-state index contributed by atoms with van der Waals surface area (Å²) in [5, 5.41) is 6.11. The number of hydrogen-bond donors (Lipinski definition) is 0. The van der Waals surface area contributed by atoms with Crippen molar-refractivity contribution in [2.24, 2.45) is 0 Å². The van der Waals surface area contributed by atoms with Crippen molar-refractivity contribution in [2.45, 2.75) is 53.6 Å². The quantitative estimate of drug-likeness (QED) is 0.340. The van der Waals surface area contributed by atoms with Crippen molar-refractivity contribution in [3.8, 4) is 0 Å². The monoisotopic (exact) mass is 410 g/mol. The molecule has 0 aliphatic rings. The van der Waals surface area contributed by atoms with Crippen molar-refractivity contribution in [3.63, 3.8) is 0 Å². The van der Waals surface area contributed by atoms with E-state index in [0.717, 1.165) is 0 Å². The fraction of sp³-hybridized carbons (Fsp3) is 0.286. The molecule has 0 radical (unpaired) electrons. The van der Waals surface area contributed by atoms with E-state index in [9.17, 15) is 0 Å². The number of benzene rings is 2. The van der Waals surface area contributed by atoms with Crippen molar-refractivity contribution in [1.29, 1.82) is 0 Å². The molecule has 0 aromatic heterocycles. The zero-order valence-corrected chi connectivity index (χ0v) is 21.9. The Morgan fingerprint density at radius 3 is 2.03 bits per heavy atom. The summed E-state index contributed by atoms with van der Waals surface area (Å²) in [5.41, 5.74) is 8.84. The van der Waals surface area contributed by atoms with E-state index in [4.69, 9.17) is 0 Å². The molecular formula is C28H32Li2Si. The molecule has 0 spiro atoms. The first-order chi connectivity index (χ1) is 13.7. The van der Waals surface area contributed by atoms with E-state index in [-0.39, 0.29) is 37.7 Å². The zero-order valence-electron chi connectivity index (χ0n) is 20.9. The maximum atomic E-state index is 2.55. The molecule has 4 aromatic carbocycles. The second-order valence-corrected chi connectivity index (χ2v) is 13.5. The predicted octanol–water partition coefficient (Wildman–Crippen LogP) is 0.494. The molecular weight excluding hydrogens is 378 g/mol. The van der Waals surface area contributed by atoms with Crippen LogP contribution in [0, 0.1) is 27.7 Å². The summed E-state index contributed by atoms with van der Waals surface area (Å²) in [7, 11) is -1.85. The standard InChI is InChI=1S/C28H32Si.2Li/c1-18-19(2)21(4)28(20(18)3)29(6,7)27-17-26(24-15-11-12-16-25(24)27)22(5)23-13-9-8-10-14-23;;/h8-17,22H,1-7H3;;/q-2;2*+1. The van der Waals surface area contributed by atoms with Gasteiger partial charge in [0.2, 0.25) is 0 Å². The van der Waals surface area contributed by atoms with Gasteiger partial charge in [0, 0.05) is 0 Å². The third-order valence-electron chi connectivity index (χ3n) is 7.33. The molecule has 0 amide bonds. The number of rotatable bonds is 4. The minimum Gasteiger partial charge on any atom is -0.199 e. The van der Waals surface area contributed by atoms with E-state index in [1.54, 1.807) is 10.4 Å². The molecule has 0 saturated heterocycles. The van der Waals surface area contributed by atoms with Gasteiger partial charge in [-0.1, -0.05) is 83.4 Å². The van der Waals surface area contributed by atoms with Gasteiger partial charge in [0.15, 0.2) is 0 Å². The Balaban J connectivity index is 0.00000171.